The topological polar surface area (TPSA) is 52.6 Å². The maximum absolute atomic E-state index is 4.29. The van der Waals surface area contributed by atoms with Crippen molar-refractivity contribution in [1.82, 2.24) is 20.5 Å². The molecule has 2 aliphatic rings. The summed E-state index contributed by atoms with van der Waals surface area (Å²) in [4.78, 5) is 11.2. The van der Waals surface area contributed by atoms with Gasteiger partial charge in [-0.3, -0.25) is 9.89 Å². The fraction of sp³-hybridized carbons (Fsp3) is 0.692. The van der Waals surface area contributed by atoms with Gasteiger partial charge in [-0.1, -0.05) is 0 Å². The Morgan fingerprint density at radius 1 is 1.53 bits per heavy atom. The normalized spacial score (nSPS) is 24.7. The van der Waals surface area contributed by atoms with Crippen molar-refractivity contribution >= 4 is 17.3 Å². The third kappa shape index (κ3) is 3.45. The molecule has 19 heavy (non-hydrogen) atoms. The molecule has 1 saturated heterocycles. The smallest absolute Gasteiger partial charge is 0.191 e. The molecule has 1 aliphatic carbocycles. The lowest BCUT2D eigenvalue weighted by atomic mass is 10.3. The van der Waals surface area contributed by atoms with Gasteiger partial charge in [-0.15, -0.1) is 11.3 Å². The Bertz CT molecular complexity index is 426. The van der Waals surface area contributed by atoms with Gasteiger partial charge in [0.15, 0.2) is 5.96 Å². The summed E-state index contributed by atoms with van der Waals surface area (Å²) in [5.74, 6) is 0.887. The van der Waals surface area contributed by atoms with Gasteiger partial charge in [0.1, 0.15) is 5.01 Å². The number of guanidine groups is 1. The van der Waals surface area contributed by atoms with Crippen LogP contribution in [0.15, 0.2) is 16.6 Å². The van der Waals surface area contributed by atoms with Crippen LogP contribution in [0.4, 0.5) is 0 Å². The van der Waals surface area contributed by atoms with E-state index in [9.17, 15) is 0 Å². The molecule has 1 aliphatic heterocycles. The van der Waals surface area contributed by atoms with E-state index < -0.39 is 0 Å². The van der Waals surface area contributed by atoms with Crippen LogP contribution in [-0.4, -0.2) is 48.1 Å². The number of likely N-dealkylation sites (tertiary alicyclic amines) is 1. The van der Waals surface area contributed by atoms with Crippen LogP contribution in [0.25, 0.3) is 0 Å². The largest absolute Gasteiger partial charge is 0.352 e. The highest BCUT2D eigenvalue weighted by atomic mass is 32.1. The van der Waals surface area contributed by atoms with Crippen LogP contribution >= 0.6 is 11.3 Å². The van der Waals surface area contributed by atoms with Crippen molar-refractivity contribution in [3.05, 3.63) is 16.6 Å². The number of nitrogens with zero attached hydrogens (tertiary/aromatic N) is 3. The molecular formula is C13H21N5S. The van der Waals surface area contributed by atoms with E-state index in [4.69, 9.17) is 0 Å². The highest BCUT2D eigenvalue weighted by Gasteiger charge is 2.34. The summed E-state index contributed by atoms with van der Waals surface area (Å²) < 4.78 is 0. The van der Waals surface area contributed by atoms with Crippen LogP contribution in [0.3, 0.4) is 0 Å². The molecule has 0 spiro atoms. The quantitative estimate of drug-likeness (QED) is 0.639. The van der Waals surface area contributed by atoms with Gasteiger partial charge in [0.25, 0.3) is 0 Å². The van der Waals surface area contributed by atoms with Gasteiger partial charge in [0.05, 0.1) is 6.54 Å². The van der Waals surface area contributed by atoms with Crippen LogP contribution in [0, 0.1) is 0 Å². The van der Waals surface area contributed by atoms with E-state index in [1.807, 2.05) is 18.6 Å². The molecule has 2 N–H and O–H groups in total. The average Bonchev–Trinajstić information content (AvgIpc) is 2.96. The van der Waals surface area contributed by atoms with E-state index in [-0.39, 0.29) is 0 Å². The lowest BCUT2D eigenvalue weighted by molar-refractivity contribution is 0.321. The van der Waals surface area contributed by atoms with Gasteiger partial charge in [-0.05, 0) is 19.3 Å². The van der Waals surface area contributed by atoms with Crippen molar-refractivity contribution in [2.75, 3.05) is 20.1 Å². The van der Waals surface area contributed by atoms with E-state index in [1.165, 1.54) is 25.8 Å². The monoisotopic (exact) mass is 279 g/mol. The van der Waals surface area contributed by atoms with E-state index in [2.05, 4.69) is 25.5 Å². The zero-order valence-corrected chi connectivity index (χ0v) is 12.1. The maximum atomic E-state index is 4.29. The predicted octanol–water partition coefficient (Wildman–Crippen LogP) is 1.04. The number of nitrogens with one attached hydrogen (secondary N) is 2. The summed E-state index contributed by atoms with van der Waals surface area (Å²) >= 11 is 1.67. The minimum atomic E-state index is 0.531. The molecule has 2 fully saturated rings. The van der Waals surface area contributed by atoms with Crippen molar-refractivity contribution in [3.8, 4) is 0 Å². The first-order valence-corrected chi connectivity index (χ1v) is 7.82. The number of aliphatic imine (C=N–C) groups is 1. The van der Waals surface area contributed by atoms with Crippen molar-refractivity contribution < 1.29 is 0 Å². The minimum Gasteiger partial charge on any atom is -0.352 e. The standard InChI is InChI=1S/C13H21N5S/c1-14-13(16-8-12-15-5-7-19-12)17-10-4-6-18(9-10)11-2-3-11/h5,7,10-11H,2-4,6,8-9H2,1H3,(H2,14,16,17). The second kappa shape index (κ2) is 5.88. The first kappa shape index (κ1) is 12.9. The number of aromatic nitrogens is 1. The van der Waals surface area contributed by atoms with Gasteiger partial charge >= 0.3 is 0 Å². The highest BCUT2D eigenvalue weighted by molar-refractivity contribution is 7.09. The molecule has 1 unspecified atom stereocenters. The molecule has 0 amide bonds. The number of hydrogen-bond donors (Lipinski definition) is 2. The molecule has 3 rings (SSSR count). The predicted molar refractivity (Wildman–Crippen MR) is 78.4 cm³/mol. The number of thiazole rings is 1. The molecule has 1 aromatic heterocycles. The van der Waals surface area contributed by atoms with Gasteiger partial charge in [-0.2, -0.15) is 0 Å². The molecule has 1 atom stereocenters. The third-order valence-electron chi connectivity index (χ3n) is 3.74. The summed E-state index contributed by atoms with van der Waals surface area (Å²) in [7, 11) is 1.82. The fourth-order valence-electron chi connectivity index (χ4n) is 2.56. The van der Waals surface area contributed by atoms with Crippen LogP contribution in [0.2, 0.25) is 0 Å². The van der Waals surface area contributed by atoms with Gasteiger partial charge in [-0.25, -0.2) is 4.98 Å². The van der Waals surface area contributed by atoms with Crippen molar-refractivity contribution in [2.45, 2.75) is 37.9 Å². The highest BCUT2D eigenvalue weighted by Crippen LogP contribution is 2.29. The maximum Gasteiger partial charge on any atom is 0.191 e. The van der Waals surface area contributed by atoms with Crippen molar-refractivity contribution in [3.63, 3.8) is 0 Å². The lowest BCUT2D eigenvalue weighted by Crippen LogP contribution is -2.44. The Morgan fingerprint density at radius 3 is 3.11 bits per heavy atom. The number of hydrogen-bond acceptors (Lipinski definition) is 4. The first-order valence-electron chi connectivity index (χ1n) is 6.95. The summed E-state index contributed by atoms with van der Waals surface area (Å²) in [5, 5.41) is 9.93. The van der Waals surface area contributed by atoms with Crippen LogP contribution in [0.5, 0.6) is 0 Å². The van der Waals surface area contributed by atoms with Crippen LogP contribution in [0.1, 0.15) is 24.3 Å². The second-order valence-corrected chi connectivity index (χ2v) is 6.19. The Hall–Kier alpha value is -1.14. The van der Waals surface area contributed by atoms with Crippen LogP contribution < -0.4 is 10.6 Å². The summed E-state index contributed by atoms with van der Waals surface area (Å²) in [6.07, 6.45) is 5.84. The van der Waals surface area contributed by atoms with E-state index >= 15 is 0 Å². The molecular weight excluding hydrogens is 258 g/mol. The zero-order valence-electron chi connectivity index (χ0n) is 11.3. The Labute approximate surface area is 118 Å². The van der Waals surface area contributed by atoms with Crippen molar-refractivity contribution in [1.29, 1.82) is 0 Å². The molecule has 0 bridgehead atoms. The molecule has 5 nitrogen and oxygen atoms in total. The molecule has 0 aromatic carbocycles. The van der Waals surface area contributed by atoms with Gasteiger partial charge < -0.3 is 10.6 Å². The minimum absolute atomic E-state index is 0.531. The van der Waals surface area contributed by atoms with Crippen molar-refractivity contribution in [2.24, 2.45) is 4.99 Å². The van der Waals surface area contributed by atoms with E-state index in [1.54, 1.807) is 11.3 Å². The average molecular weight is 279 g/mol. The van der Waals surface area contributed by atoms with Gasteiger partial charge in [0, 0.05) is 43.8 Å². The summed E-state index contributed by atoms with van der Waals surface area (Å²) in [6.45, 7) is 3.13. The van der Waals surface area contributed by atoms with E-state index in [0.29, 0.717) is 6.04 Å². The van der Waals surface area contributed by atoms with Gasteiger partial charge in [0.2, 0.25) is 0 Å². The summed E-state index contributed by atoms with van der Waals surface area (Å²) in [6, 6.07) is 1.40. The molecule has 6 heteroatoms. The molecule has 104 valence electrons. The van der Waals surface area contributed by atoms with Crippen LogP contribution in [-0.2, 0) is 6.54 Å². The SMILES string of the molecule is CN=C(NCc1nccs1)NC1CCN(C2CC2)C1. The second-order valence-electron chi connectivity index (χ2n) is 5.21. The first-order chi connectivity index (χ1) is 9.35. The Balaban J connectivity index is 1.44. The van der Waals surface area contributed by atoms with E-state index in [0.717, 1.165) is 30.1 Å². The lowest BCUT2D eigenvalue weighted by Gasteiger charge is -2.18. The number of rotatable bonds is 4. The Kier molecular flexibility index (Phi) is 3.98. The molecule has 0 radical (unpaired) electrons. The third-order valence-corrected chi connectivity index (χ3v) is 4.52. The summed E-state index contributed by atoms with van der Waals surface area (Å²) in [5.41, 5.74) is 0. The fourth-order valence-corrected chi connectivity index (χ4v) is 3.12. The Morgan fingerprint density at radius 2 is 2.42 bits per heavy atom. The molecule has 1 saturated carbocycles. The zero-order chi connectivity index (χ0) is 13.1. The molecule has 2 heterocycles. The molecule has 1 aromatic rings.